The van der Waals surface area contributed by atoms with Crippen molar-refractivity contribution < 1.29 is 9.59 Å². The third kappa shape index (κ3) is 1.36. The van der Waals surface area contributed by atoms with Crippen molar-refractivity contribution >= 4 is 22.6 Å². The number of ketones is 1. The summed E-state index contributed by atoms with van der Waals surface area (Å²) < 4.78 is 0. The van der Waals surface area contributed by atoms with Crippen LogP contribution in [0.15, 0.2) is 24.3 Å². The number of benzene rings is 1. The number of amides is 1. The Morgan fingerprint density at radius 1 is 1.25 bits per heavy atom. The van der Waals surface area contributed by atoms with Gasteiger partial charge in [0, 0.05) is 28.8 Å². The van der Waals surface area contributed by atoms with Crippen molar-refractivity contribution in [2.75, 3.05) is 0 Å². The monoisotopic (exact) mass is 268 g/mol. The van der Waals surface area contributed by atoms with E-state index in [1.165, 1.54) is 0 Å². The van der Waals surface area contributed by atoms with Gasteiger partial charge in [0.25, 0.3) is 0 Å². The summed E-state index contributed by atoms with van der Waals surface area (Å²) in [6.45, 7) is 2.09. The predicted molar refractivity (Wildman–Crippen MR) is 75.4 cm³/mol. The van der Waals surface area contributed by atoms with Gasteiger partial charge in [0.15, 0.2) is 5.78 Å². The zero-order valence-electron chi connectivity index (χ0n) is 11.3. The molecule has 102 valence electrons. The molecule has 1 fully saturated rings. The third-order valence-corrected chi connectivity index (χ3v) is 4.78. The molecule has 1 aliphatic heterocycles. The summed E-state index contributed by atoms with van der Waals surface area (Å²) in [6, 6.07) is 7.89. The van der Waals surface area contributed by atoms with E-state index >= 15 is 0 Å². The van der Waals surface area contributed by atoms with Gasteiger partial charge in [-0.25, -0.2) is 0 Å². The maximum Gasteiger partial charge on any atom is 0.221 e. The smallest absolute Gasteiger partial charge is 0.221 e. The molecule has 20 heavy (non-hydrogen) atoms. The molecular formula is C16H16N2O2. The van der Waals surface area contributed by atoms with Crippen molar-refractivity contribution in [1.82, 2.24) is 10.3 Å². The van der Waals surface area contributed by atoms with Crippen LogP contribution in [0.5, 0.6) is 0 Å². The van der Waals surface area contributed by atoms with Crippen LogP contribution in [0.4, 0.5) is 0 Å². The van der Waals surface area contributed by atoms with Crippen molar-refractivity contribution in [3.63, 3.8) is 0 Å². The second-order valence-electron chi connectivity index (χ2n) is 5.75. The first-order chi connectivity index (χ1) is 9.70. The van der Waals surface area contributed by atoms with E-state index in [1.807, 2.05) is 24.3 Å². The van der Waals surface area contributed by atoms with Gasteiger partial charge in [0.1, 0.15) is 0 Å². The normalized spacial score (nSPS) is 28.4. The lowest BCUT2D eigenvalue weighted by molar-refractivity contribution is -0.126. The molecule has 2 N–H and O–H groups in total. The Bertz CT molecular complexity index is 731. The molecule has 4 rings (SSSR count). The molecule has 1 aromatic carbocycles. The molecule has 1 saturated heterocycles. The molecule has 2 aliphatic rings. The van der Waals surface area contributed by atoms with E-state index in [0.717, 1.165) is 22.9 Å². The zero-order valence-corrected chi connectivity index (χ0v) is 11.3. The fourth-order valence-corrected chi connectivity index (χ4v) is 3.88. The number of nitrogens with one attached hydrogen (secondary N) is 2. The Hall–Kier alpha value is -2.10. The van der Waals surface area contributed by atoms with Crippen LogP contribution in [0.3, 0.4) is 0 Å². The number of aromatic nitrogens is 1. The maximum absolute atomic E-state index is 12.7. The van der Waals surface area contributed by atoms with Gasteiger partial charge in [-0.2, -0.15) is 0 Å². The van der Waals surface area contributed by atoms with Gasteiger partial charge in [-0.1, -0.05) is 31.5 Å². The van der Waals surface area contributed by atoms with Crippen molar-refractivity contribution in [1.29, 1.82) is 0 Å². The summed E-state index contributed by atoms with van der Waals surface area (Å²) in [4.78, 5) is 27.8. The number of carbonyl (C=O) groups excluding carboxylic acids is 2. The van der Waals surface area contributed by atoms with Crippen LogP contribution < -0.4 is 5.32 Å². The van der Waals surface area contributed by atoms with Crippen LogP contribution in [-0.4, -0.2) is 16.7 Å². The molecule has 1 amide bonds. The molecule has 1 aliphatic carbocycles. The highest BCUT2D eigenvalue weighted by Gasteiger charge is 2.47. The number of piperidine rings is 1. The molecule has 3 atom stereocenters. The van der Waals surface area contributed by atoms with E-state index in [4.69, 9.17) is 0 Å². The van der Waals surface area contributed by atoms with E-state index in [9.17, 15) is 9.59 Å². The molecule has 2 bridgehead atoms. The van der Waals surface area contributed by atoms with Crippen molar-refractivity contribution in [2.24, 2.45) is 11.8 Å². The highest BCUT2D eigenvalue weighted by atomic mass is 16.2. The van der Waals surface area contributed by atoms with E-state index in [1.54, 1.807) is 0 Å². The largest absolute Gasteiger partial charge is 0.352 e. The SMILES string of the molecule is CC[C@H]1[C@@H]2CC(=O)N[C@H]1c1c([nH]c3ccccc13)C2=O. The van der Waals surface area contributed by atoms with Crippen LogP contribution in [0, 0.1) is 11.8 Å². The number of carbonyl (C=O) groups is 2. The standard InChI is InChI=1S/C16H16N2O2/c1-2-8-10-7-12(19)18-14(8)13-9-5-3-4-6-11(9)17-15(13)16(10)20/h3-6,8,10,14,17H,2,7H2,1H3,(H,18,19)/t8-,10-,14+/m0/s1. The molecule has 0 radical (unpaired) electrons. The average Bonchev–Trinajstić information content (AvgIpc) is 2.84. The van der Waals surface area contributed by atoms with Crippen molar-refractivity contribution in [2.45, 2.75) is 25.8 Å². The zero-order chi connectivity index (χ0) is 13.9. The van der Waals surface area contributed by atoms with Gasteiger partial charge < -0.3 is 10.3 Å². The predicted octanol–water partition coefficient (Wildman–Crippen LogP) is 2.57. The second kappa shape index (κ2) is 3.95. The highest BCUT2D eigenvalue weighted by Crippen LogP contribution is 2.46. The van der Waals surface area contributed by atoms with E-state index < -0.39 is 0 Å². The van der Waals surface area contributed by atoms with Crippen LogP contribution in [0.2, 0.25) is 0 Å². The number of rotatable bonds is 1. The van der Waals surface area contributed by atoms with Gasteiger partial charge in [-0.05, 0) is 12.0 Å². The van der Waals surface area contributed by atoms with Crippen LogP contribution in [-0.2, 0) is 4.79 Å². The lowest BCUT2D eigenvalue weighted by Gasteiger charge is -2.41. The summed E-state index contributed by atoms with van der Waals surface area (Å²) in [5.41, 5.74) is 2.66. The summed E-state index contributed by atoms with van der Waals surface area (Å²) >= 11 is 0. The van der Waals surface area contributed by atoms with Gasteiger partial charge in [-0.15, -0.1) is 0 Å². The first-order valence-corrected chi connectivity index (χ1v) is 7.15. The molecule has 2 heterocycles. The minimum Gasteiger partial charge on any atom is -0.352 e. The Morgan fingerprint density at radius 3 is 2.85 bits per heavy atom. The summed E-state index contributed by atoms with van der Waals surface area (Å²) in [5, 5.41) is 4.15. The molecule has 0 saturated carbocycles. The van der Waals surface area contributed by atoms with E-state index in [0.29, 0.717) is 12.1 Å². The fourth-order valence-electron chi connectivity index (χ4n) is 3.88. The van der Waals surface area contributed by atoms with Crippen LogP contribution in [0.25, 0.3) is 10.9 Å². The van der Waals surface area contributed by atoms with Crippen LogP contribution >= 0.6 is 0 Å². The van der Waals surface area contributed by atoms with Crippen molar-refractivity contribution in [3.05, 3.63) is 35.5 Å². The molecule has 4 heteroatoms. The number of Topliss-reactive ketones (excluding diaryl/α,β-unsaturated/α-hetero) is 1. The molecule has 1 aromatic heterocycles. The molecule has 0 spiro atoms. The Morgan fingerprint density at radius 2 is 2.05 bits per heavy atom. The molecular weight excluding hydrogens is 252 g/mol. The molecule has 2 aromatic rings. The third-order valence-electron chi connectivity index (χ3n) is 4.78. The van der Waals surface area contributed by atoms with Gasteiger partial charge in [0.2, 0.25) is 5.91 Å². The number of hydrogen-bond donors (Lipinski definition) is 2. The summed E-state index contributed by atoms with van der Waals surface area (Å²) in [5.74, 6) is 0.148. The minimum atomic E-state index is -0.167. The Kier molecular flexibility index (Phi) is 2.31. The lowest BCUT2D eigenvalue weighted by atomic mass is 9.68. The number of fused-ring (bicyclic) bond motifs is 6. The van der Waals surface area contributed by atoms with E-state index in [2.05, 4.69) is 17.2 Å². The first kappa shape index (κ1) is 11.7. The number of hydrogen-bond acceptors (Lipinski definition) is 2. The lowest BCUT2D eigenvalue weighted by Crippen LogP contribution is -2.49. The number of para-hydroxylation sites is 1. The topological polar surface area (TPSA) is 62.0 Å². The average molecular weight is 268 g/mol. The maximum atomic E-state index is 12.7. The Labute approximate surface area is 116 Å². The van der Waals surface area contributed by atoms with Gasteiger partial charge in [-0.3, -0.25) is 9.59 Å². The number of H-pyrrole nitrogens is 1. The molecule has 0 unspecified atom stereocenters. The quantitative estimate of drug-likeness (QED) is 0.835. The van der Waals surface area contributed by atoms with Gasteiger partial charge >= 0.3 is 0 Å². The van der Waals surface area contributed by atoms with Crippen molar-refractivity contribution in [3.8, 4) is 0 Å². The summed E-state index contributed by atoms with van der Waals surface area (Å²) in [6.07, 6.45) is 1.23. The van der Waals surface area contributed by atoms with E-state index in [-0.39, 0.29) is 29.6 Å². The van der Waals surface area contributed by atoms with Crippen LogP contribution in [0.1, 0.15) is 41.9 Å². The highest BCUT2D eigenvalue weighted by molar-refractivity contribution is 6.07. The minimum absolute atomic E-state index is 0.00557. The second-order valence-corrected chi connectivity index (χ2v) is 5.75. The number of aromatic amines is 1. The van der Waals surface area contributed by atoms with Gasteiger partial charge in [0.05, 0.1) is 11.7 Å². The Balaban J connectivity index is 2.02. The molecule has 4 nitrogen and oxygen atoms in total. The first-order valence-electron chi connectivity index (χ1n) is 7.15. The fraction of sp³-hybridized carbons (Fsp3) is 0.375. The summed E-state index contributed by atoms with van der Waals surface area (Å²) in [7, 11) is 0.